The fourth-order valence-corrected chi connectivity index (χ4v) is 2.45. The van der Waals surface area contributed by atoms with E-state index in [1.807, 2.05) is 6.07 Å². The molecule has 5 nitrogen and oxygen atoms in total. The van der Waals surface area contributed by atoms with Gasteiger partial charge in [0, 0.05) is 19.2 Å². The first kappa shape index (κ1) is 18.0. The van der Waals surface area contributed by atoms with Gasteiger partial charge in [0.05, 0.1) is 16.9 Å². The molecule has 0 N–H and O–H groups in total. The third kappa shape index (κ3) is 4.73. The summed E-state index contributed by atoms with van der Waals surface area (Å²) in [7, 11) is 0. The fourth-order valence-electron chi connectivity index (χ4n) is 2.45. The van der Waals surface area contributed by atoms with Crippen molar-refractivity contribution in [1.82, 2.24) is 0 Å². The van der Waals surface area contributed by atoms with Crippen molar-refractivity contribution in [3.8, 4) is 6.07 Å². The predicted molar refractivity (Wildman–Crippen MR) is 89.0 cm³/mol. The minimum Gasteiger partial charge on any atom is -0.365 e. The Hall–Kier alpha value is -2.09. The van der Waals surface area contributed by atoms with Gasteiger partial charge in [0.1, 0.15) is 5.69 Å². The van der Waals surface area contributed by atoms with Crippen molar-refractivity contribution in [3.05, 3.63) is 33.9 Å². The fraction of sp³-hybridized carbons (Fsp3) is 0.588. The Labute approximate surface area is 132 Å². The summed E-state index contributed by atoms with van der Waals surface area (Å²) in [5.74, 6) is 0.475. The zero-order chi connectivity index (χ0) is 16.9. The molecule has 0 aromatic heterocycles. The number of anilines is 1. The molecule has 0 saturated carbocycles. The second-order valence-corrected chi connectivity index (χ2v) is 6.55. The van der Waals surface area contributed by atoms with Crippen LogP contribution in [0.4, 0.5) is 11.4 Å². The van der Waals surface area contributed by atoms with Crippen molar-refractivity contribution >= 4 is 11.4 Å². The van der Waals surface area contributed by atoms with Crippen molar-refractivity contribution in [2.24, 2.45) is 11.8 Å². The molecule has 0 amide bonds. The number of rotatable bonds is 7. The zero-order valence-electron chi connectivity index (χ0n) is 14.0. The molecule has 1 atom stereocenters. The molecule has 1 unspecified atom stereocenters. The van der Waals surface area contributed by atoms with Crippen LogP contribution in [0.5, 0.6) is 0 Å². The van der Waals surface area contributed by atoms with Crippen LogP contribution in [-0.2, 0) is 0 Å². The first-order chi connectivity index (χ1) is 10.3. The van der Waals surface area contributed by atoms with Crippen LogP contribution in [0.3, 0.4) is 0 Å². The lowest BCUT2D eigenvalue weighted by molar-refractivity contribution is -0.384. The lowest BCUT2D eigenvalue weighted by atomic mass is 10.0. The number of nitro groups is 1. The maximum Gasteiger partial charge on any atom is 0.292 e. The predicted octanol–water partition coefficient (Wildman–Crippen LogP) is 4.34. The van der Waals surface area contributed by atoms with Crippen LogP contribution in [0.15, 0.2) is 18.2 Å². The highest BCUT2D eigenvalue weighted by molar-refractivity contribution is 5.65. The van der Waals surface area contributed by atoms with Gasteiger partial charge in [-0.15, -0.1) is 0 Å². The summed E-state index contributed by atoms with van der Waals surface area (Å²) < 4.78 is 0. The highest BCUT2D eigenvalue weighted by Gasteiger charge is 2.22. The van der Waals surface area contributed by atoms with Gasteiger partial charge < -0.3 is 4.90 Å². The van der Waals surface area contributed by atoms with Crippen LogP contribution in [0, 0.1) is 33.3 Å². The van der Waals surface area contributed by atoms with E-state index in [-0.39, 0.29) is 16.5 Å². The van der Waals surface area contributed by atoms with Crippen LogP contribution in [0.1, 0.15) is 46.1 Å². The molecule has 1 aromatic rings. The lowest BCUT2D eigenvalue weighted by Gasteiger charge is -2.28. The maximum atomic E-state index is 11.5. The molecular formula is C17H25N3O2. The van der Waals surface area contributed by atoms with E-state index < -0.39 is 0 Å². The quantitative estimate of drug-likeness (QED) is 0.555. The van der Waals surface area contributed by atoms with E-state index in [1.165, 1.54) is 6.07 Å². The maximum absolute atomic E-state index is 11.5. The Balaban J connectivity index is 3.29. The van der Waals surface area contributed by atoms with Gasteiger partial charge in [-0.25, -0.2) is 0 Å². The number of benzene rings is 1. The van der Waals surface area contributed by atoms with Crippen molar-refractivity contribution in [2.45, 2.75) is 40.5 Å². The van der Waals surface area contributed by atoms with Gasteiger partial charge >= 0.3 is 0 Å². The van der Waals surface area contributed by atoms with Crippen LogP contribution < -0.4 is 4.90 Å². The van der Waals surface area contributed by atoms with Crippen molar-refractivity contribution in [2.75, 3.05) is 18.0 Å². The molecule has 1 rings (SSSR count). The molecule has 120 valence electrons. The van der Waals surface area contributed by atoms with E-state index in [0.717, 1.165) is 13.1 Å². The SMILES string of the molecule is CC(C)CN(CC(C)C)c1ccc(C(C)C#N)cc1[N+](=O)[O-]. The average molecular weight is 303 g/mol. The number of nitro benzene ring substituents is 1. The topological polar surface area (TPSA) is 70.2 Å². The molecule has 0 radical (unpaired) electrons. The molecule has 0 aliphatic heterocycles. The van der Waals surface area contributed by atoms with Gasteiger partial charge in [0.2, 0.25) is 0 Å². The summed E-state index contributed by atoms with van der Waals surface area (Å²) in [5.41, 5.74) is 1.41. The van der Waals surface area contributed by atoms with Crippen molar-refractivity contribution < 1.29 is 4.92 Å². The largest absolute Gasteiger partial charge is 0.365 e. The first-order valence-electron chi connectivity index (χ1n) is 7.69. The molecule has 0 heterocycles. The first-order valence-corrected chi connectivity index (χ1v) is 7.69. The van der Waals surface area contributed by atoms with E-state index in [0.29, 0.717) is 23.1 Å². The van der Waals surface area contributed by atoms with E-state index in [2.05, 4.69) is 38.7 Å². The lowest BCUT2D eigenvalue weighted by Crippen LogP contribution is -2.31. The summed E-state index contributed by atoms with van der Waals surface area (Å²) in [6, 6.07) is 7.27. The molecule has 0 saturated heterocycles. The third-order valence-corrected chi connectivity index (χ3v) is 3.40. The van der Waals surface area contributed by atoms with Gasteiger partial charge in [0.15, 0.2) is 0 Å². The average Bonchev–Trinajstić information content (AvgIpc) is 2.44. The number of nitriles is 1. The molecule has 0 aliphatic rings. The van der Waals surface area contributed by atoms with E-state index in [1.54, 1.807) is 13.0 Å². The number of nitrogens with zero attached hydrogens (tertiary/aromatic N) is 3. The van der Waals surface area contributed by atoms with Gasteiger partial charge in [-0.3, -0.25) is 10.1 Å². The summed E-state index contributed by atoms with van der Waals surface area (Å²) in [6.07, 6.45) is 0. The van der Waals surface area contributed by atoms with Gasteiger partial charge in [-0.05, 0) is 30.4 Å². The molecule has 0 bridgehead atoms. The van der Waals surface area contributed by atoms with Crippen molar-refractivity contribution in [3.63, 3.8) is 0 Å². The van der Waals surface area contributed by atoms with Crippen LogP contribution in [-0.4, -0.2) is 18.0 Å². The zero-order valence-corrected chi connectivity index (χ0v) is 14.0. The second kappa shape index (κ2) is 7.79. The summed E-state index contributed by atoms with van der Waals surface area (Å²) in [6.45, 7) is 11.7. The Kier molecular flexibility index (Phi) is 6.36. The van der Waals surface area contributed by atoms with Crippen LogP contribution in [0.25, 0.3) is 0 Å². The molecule has 5 heteroatoms. The summed E-state index contributed by atoms with van der Waals surface area (Å²) in [5, 5.41) is 20.5. The monoisotopic (exact) mass is 303 g/mol. The van der Waals surface area contributed by atoms with Crippen molar-refractivity contribution in [1.29, 1.82) is 5.26 Å². The van der Waals surface area contributed by atoms with Crippen LogP contribution >= 0.6 is 0 Å². The highest BCUT2D eigenvalue weighted by Crippen LogP contribution is 2.32. The van der Waals surface area contributed by atoms with E-state index in [4.69, 9.17) is 5.26 Å². The molecular weight excluding hydrogens is 278 g/mol. The molecule has 1 aromatic carbocycles. The van der Waals surface area contributed by atoms with Gasteiger partial charge in [-0.2, -0.15) is 5.26 Å². The van der Waals surface area contributed by atoms with E-state index in [9.17, 15) is 10.1 Å². The Morgan fingerprint density at radius 3 is 2.14 bits per heavy atom. The van der Waals surface area contributed by atoms with Gasteiger partial charge in [0.25, 0.3) is 5.69 Å². The van der Waals surface area contributed by atoms with Gasteiger partial charge in [-0.1, -0.05) is 33.8 Å². The molecule has 0 spiro atoms. The molecule has 0 aliphatic carbocycles. The second-order valence-electron chi connectivity index (χ2n) is 6.55. The minimum atomic E-state index is -0.351. The molecule has 22 heavy (non-hydrogen) atoms. The highest BCUT2D eigenvalue weighted by atomic mass is 16.6. The molecule has 0 fully saturated rings. The van der Waals surface area contributed by atoms with E-state index >= 15 is 0 Å². The smallest absolute Gasteiger partial charge is 0.292 e. The minimum absolute atomic E-state index is 0.0842. The Bertz CT molecular complexity index is 552. The number of hydrogen-bond acceptors (Lipinski definition) is 4. The summed E-state index contributed by atoms with van der Waals surface area (Å²) in [4.78, 5) is 13.2. The summed E-state index contributed by atoms with van der Waals surface area (Å²) >= 11 is 0. The normalized spacial score (nSPS) is 12.3. The standard InChI is InChI=1S/C17H25N3O2/c1-12(2)10-19(11-13(3)4)16-7-6-15(14(5)9-18)8-17(16)20(21)22/h6-8,12-14H,10-11H2,1-5H3. The Morgan fingerprint density at radius 1 is 1.18 bits per heavy atom. The third-order valence-electron chi connectivity index (χ3n) is 3.40. The van der Waals surface area contributed by atoms with Crippen LogP contribution in [0.2, 0.25) is 0 Å². The Morgan fingerprint density at radius 2 is 1.73 bits per heavy atom. The number of hydrogen-bond donors (Lipinski definition) is 0.